The Kier molecular flexibility index (Phi) is 7.60. The Morgan fingerprint density at radius 2 is 1.76 bits per heavy atom. The highest BCUT2D eigenvalue weighted by Gasteiger charge is 2.58. The van der Waals surface area contributed by atoms with Crippen LogP contribution in [0.3, 0.4) is 0 Å². The molecule has 1 aromatic carbocycles. The molecule has 5 rings (SSSR count). The minimum atomic E-state index is -0.930. The number of benzene rings is 1. The lowest BCUT2D eigenvalue weighted by molar-refractivity contribution is -0.115. The summed E-state index contributed by atoms with van der Waals surface area (Å²) < 4.78 is 0. The Hall–Kier alpha value is -2.05. The zero-order chi connectivity index (χ0) is 27.1. The van der Waals surface area contributed by atoms with Gasteiger partial charge in [-0.05, 0) is 126 Å². The van der Waals surface area contributed by atoms with Crippen molar-refractivity contribution < 1.29 is 9.90 Å². The molecule has 0 amide bonds. The van der Waals surface area contributed by atoms with Crippen molar-refractivity contribution >= 4 is 11.5 Å². The second kappa shape index (κ2) is 10.5. The van der Waals surface area contributed by atoms with Crippen LogP contribution in [0.1, 0.15) is 98.0 Å². The third kappa shape index (κ3) is 5.23. The molecule has 3 heteroatoms. The first-order valence-corrected chi connectivity index (χ1v) is 15.4. The average Bonchev–Trinajstić information content (AvgIpc) is 3.51. The Balaban J connectivity index is 1.45. The fourth-order valence-corrected chi connectivity index (χ4v) is 8.36. The number of fused-ring (bicyclic) bond motifs is 1. The van der Waals surface area contributed by atoms with E-state index in [-0.39, 0.29) is 10.8 Å². The molecular weight excluding hydrogens is 466 g/mol. The summed E-state index contributed by atoms with van der Waals surface area (Å²) in [5.74, 6) is 9.10. The van der Waals surface area contributed by atoms with Gasteiger partial charge in [-0.2, -0.15) is 0 Å². The van der Waals surface area contributed by atoms with Gasteiger partial charge in [-0.15, -0.1) is 0 Å². The van der Waals surface area contributed by atoms with E-state index in [4.69, 9.17) is 0 Å². The van der Waals surface area contributed by atoms with Crippen molar-refractivity contribution in [2.75, 3.05) is 18.0 Å². The summed E-state index contributed by atoms with van der Waals surface area (Å²) >= 11 is 0. The van der Waals surface area contributed by atoms with E-state index in [1.165, 1.54) is 42.8 Å². The zero-order valence-electron chi connectivity index (χ0n) is 24.5. The maximum atomic E-state index is 12.3. The molecule has 1 heterocycles. The highest BCUT2D eigenvalue weighted by atomic mass is 16.3. The van der Waals surface area contributed by atoms with Crippen LogP contribution in [0.25, 0.3) is 0 Å². The van der Waals surface area contributed by atoms with Crippen LogP contribution in [0, 0.1) is 46.3 Å². The number of allylic oxidation sites excluding steroid dienone is 2. The molecule has 206 valence electrons. The standard InChI is InChI=1S/C35H49NO2/c1-6-34(5)32(17-18-35(34,38)20-19-33(2,3)4)30-15-11-26-24-28(37)14-16-29(26)31(30)23-25-9-12-27(13-10-25)36-21-7-8-22-36/h9-10,12-13,24,29-32,38H,6-8,11,14-18,21-23H2,1-5H3/t29-,30+,31+,32-,34-,35+/m0/s1. The summed E-state index contributed by atoms with van der Waals surface area (Å²) in [5, 5.41) is 12.0. The highest BCUT2D eigenvalue weighted by Crippen LogP contribution is 2.60. The van der Waals surface area contributed by atoms with Gasteiger partial charge in [0.2, 0.25) is 0 Å². The van der Waals surface area contributed by atoms with Crippen molar-refractivity contribution in [2.45, 2.75) is 104 Å². The molecule has 0 unspecified atom stereocenters. The predicted octanol–water partition coefficient (Wildman–Crippen LogP) is 7.37. The van der Waals surface area contributed by atoms with E-state index >= 15 is 0 Å². The first-order chi connectivity index (χ1) is 18.0. The Morgan fingerprint density at radius 3 is 2.42 bits per heavy atom. The number of hydrogen-bond donors (Lipinski definition) is 1. The highest BCUT2D eigenvalue weighted by molar-refractivity contribution is 5.91. The van der Waals surface area contributed by atoms with Crippen LogP contribution in [0.5, 0.6) is 0 Å². The Bertz CT molecular complexity index is 1110. The fourth-order valence-electron chi connectivity index (χ4n) is 8.36. The molecule has 0 aromatic heterocycles. The second-order valence-electron chi connectivity index (χ2n) is 14.0. The lowest BCUT2D eigenvalue weighted by atomic mass is 9.55. The maximum absolute atomic E-state index is 12.3. The molecule has 3 fully saturated rings. The van der Waals surface area contributed by atoms with Crippen LogP contribution in [-0.4, -0.2) is 29.6 Å². The van der Waals surface area contributed by atoms with Crippen molar-refractivity contribution in [3.05, 3.63) is 41.5 Å². The van der Waals surface area contributed by atoms with Crippen LogP contribution in [0.2, 0.25) is 0 Å². The van der Waals surface area contributed by atoms with E-state index in [0.717, 1.165) is 44.9 Å². The molecule has 1 saturated heterocycles. The van der Waals surface area contributed by atoms with Crippen molar-refractivity contribution in [1.82, 2.24) is 0 Å². The van der Waals surface area contributed by atoms with Gasteiger partial charge in [0.25, 0.3) is 0 Å². The van der Waals surface area contributed by atoms with Gasteiger partial charge in [0, 0.05) is 36.0 Å². The number of hydrogen-bond acceptors (Lipinski definition) is 3. The number of nitrogens with zero attached hydrogens (tertiary/aromatic N) is 1. The molecule has 3 nitrogen and oxygen atoms in total. The maximum Gasteiger partial charge on any atom is 0.155 e. The van der Waals surface area contributed by atoms with Crippen LogP contribution in [0.15, 0.2) is 35.9 Å². The van der Waals surface area contributed by atoms with Gasteiger partial charge in [0.1, 0.15) is 5.60 Å². The van der Waals surface area contributed by atoms with E-state index < -0.39 is 5.60 Å². The SMILES string of the molecule is CC[C@@]1(C)[C@H]([C@@H]2CCC3=CC(=O)CC[C@@H]3[C@H]2Cc2ccc(N3CCCC3)cc2)CC[C@@]1(O)C#CC(C)(C)C. The molecule has 3 aliphatic carbocycles. The molecule has 0 bridgehead atoms. The van der Waals surface area contributed by atoms with Crippen molar-refractivity contribution in [1.29, 1.82) is 0 Å². The van der Waals surface area contributed by atoms with E-state index in [1.54, 1.807) is 0 Å². The van der Waals surface area contributed by atoms with Crippen molar-refractivity contribution in [3.8, 4) is 11.8 Å². The summed E-state index contributed by atoms with van der Waals surface area (Å²) in [4.78, 5) is 14.8. The second-order valence-corrected chi connectivity index (χ2v) is 14.0. The summed E-state index contributed by atoms with van der Waals surface area (Å²) in [5.41, 5.74) is 2.90. The van der Waals surface area contributed by atoms with Crippen molar-refractivity contribution in [2.24, 2.45) is 34.5 Å². The largest absolute Gasteiger partial charge is 0.377 e. The first kappa shape index (κ1) is 27.5. The van der Waals surface area contributed by atoms with Gasteiger partial charge >= 0.3 is 0 Å². The van der Waals surface area contributed by atoms with Gasteiger partial charge < -0.3 is 10.0 Å². The zero-order valence-corrected chi connectivity index (χ0v) is 24.5. The summed E-state index contributed by atoms with van der Waals surface area (Å²) in [6, 6.07) is 9.36. The topological polar surface area (TPSA) is 40.5 Å². The summed E-state index contributed by atoms with van der Waals surface area (Å²) in [6.45, 7) is 13.3. The number of ketones is 1. The van der Waals surface area contributed by atoms with Gasteiger partial charge in [-0.1, -0.05) is 43.4 Å². The minimum Gasteiger partial charge on any atom is -0.377 e. The molecular formula is C35H49NO2. The van der Waals surface area contributed by atoms with Crippen LogP contribution in [0.4, 0.5) is 5.69 Å². The molecule has 0 spiro atoms. The van der Waals surface area contributed by atoms with Gasteiger partial charge in [0.05, 0.1) is 0 Å². The molecule has 6 atom stereocenters. The van der Waals surface area contributed by atoms with Gasteiger partial charge in [-0.3, -0.25) is 4.79 Å². The van der Waals surface area contributed by atoms with Gasteiger partial charge in [0.15, 0.2) is 5.78 Å². The average molecular weight is 516 g/mol. The number of carbonyl (C=O) groups is 1. The molecule has 38 heavy (non-hydrogen) atoms. The predicted molar refractivity (Wildman–Crippen MR) is 157 cm³/mol. The van der Waals surface area contributed by atoms with Crippen molar-refractivity contribution in [3.63, 3.8) is 0 Å². The number of carbonyl (C=O) groups excluding carboxylic acids is 1. The number of anilines is 1. The minimum absolute atomic E-state index is 0.120. The van der Waals surface area contributed by atoms with E-state index in [0.29, 0.717) is 35.9 Å². The fraction of sp³-hybridized carbons (Fsp3) is 0.686. The van der Waals surface area contributed by atoms with E-state index in [1.807, 2.05) is 6.08 Å². The first-order valence-electron chi connectivity index (χ1n) is 15.4. The molecule has 2 saturated carbocycles. The monoisotopic (exact) mass is 515 g/mol. The quantitative estimate of drug-likeness (QED) is 0.416. The van der Waals surface area contributed by atoms with Crippen LogP contribution < -0.4 is 4.90 Å². The molecule has 1 aromatic rings. The van der Waals surface area contributed by atoms with Crippen LogP contribution in [-0.2, 0) is 11.2 Å². The normalized spacial score (nSPS) is 35.5. The molecule has 0 radical (unpaired) electrons. The molecule has 1 N–H and O–H groups in total. The molecule has 1 aliphatic heterocycles. The number of rotatable bonds is 5. The van der Waals surface area contributed by atoms with E-state index in [2.05, 4.69) is 75.6 Å². The Morgan fingerprint density at radius 1 is 1.05 bits per heavy atom. The Labute approximate surface area is 231 Å². The third-order valence-corrected chi connectivity index (χ3v) is 10.7. The lowest BCUT2D eigenvalue weighted by Gasteiger charge is -2.50. The summed E-state index contributed by atoms with van der Waals surface area (Å²) in [7, 11) is 0. The van der Waals surface area contributed by atoms with Gasteiger partial charge in [-0.25, -0.2) is 0 Å². The summed E-state index contributed by atoms with van der Waals surface area (Å²) in [6.07, 6.45) is 12.2. The molecule has 4 aliphatic rings. The lowest BCUT2D eigenvalue weighted by Crippen LogP contribution is -2.48. The van der Waals surface area contributed by atoms with E-state index in [9.17, 15) is 9.90 Å². The smallest absolute Gasteiger partial charge is 0.155 e. The number of aliphatic hydroxyl groups is 1. The van der Waals surface area contributed by atoms with Crippen LogP contribution >= 0.6 is 0 Å². The third-order valence-electron chi connectivity index (χ3n) is 10.7.